The van der Waals surface area contributed by atoms with E-state index < -0.39 is 0 Å². The Bertz CT molecular complexity index is 534. The summed E-state index contributed by atoms with van der Waals surface area (Å²) < 4.78 is 1.57. The van der Waals surface area contributed by atoms with Crippen LogP contribution in [0.15, 0.2) is 30.6 Å². The number of nitrogens with zero attached hydrogens (tertiary/aromatic N) is 3. The molecule has 0 spiro atoms. The molecule has 88 valence electrons. The highest BCUT2D eigenvalue weighted by Gasteiger charge is 2.05. The lowest BCUT2D eigenvalue weighted by Gasteiger charge is -2.07. The second kappa shape index (κ2) is 4.65. The number of hydrogen-bond acceptors (Lipinski definition) is 3. The van der Waals surface area contributed by atoms with E-state index in [4.69, 9.17) is 0 Å². The van der Waals surface area contributed by atoms with Crippen LogP contribution in [0.2, 0.25) is 0 Å². The SMILES string of the molecule is Cc1ccnc(NC(=O)Nc2ccnn2C)c1. The molecule has 2 N–H and O–H groups in total. The van der Waals surface area contributed by atoms with Gasteiger partial charge >= 0.3 is 6.03 Å². The molecule has 0 saturated carbocycles. The number of amides is 2. The van der Waals surface area contributed by atoms with Crippen LogP contribution in [0, 0.1) is 6.92 Å². The van der Waals surface area contributed by atoms with Gasteiger partial charge in [-0.25, -0.2) is 9.78 Å². The molecule has 17 heavy (non-hydrogen) atoms. The van der Waals surface area contributed by atoms with Crippen LogP contribution in [-0.4, -0.2) is 20.8 Å². The average Bonchev–Trinajstić information content (AvgIpc) is 2.64. The topological polar surface area (TPSA) is 71.8 Å². The highest BCUT2D eigenvalue weighted by atomic mass is 16.2. The molecule has 6 nitrogen and oxygen atoms in total. The smallest absolute Gasteiger partial charge is 0.292 e. The summed E-state index contributed by atoms with van der Waals surface area (Å²) in [6.07, 6.45) is 3.26. The summed E-state index contributed by atoms with van der Waals surface area (Å²) in [6, 6.07) is 5.03. The van der Waals surface area contributed by atoms with Crippen molar-refractivity contribution in [3.63, 3.8) is 0 Å². The van der Waals surface area contributed by atoms with Crippen molar-refractivity contribution >= 4 is 17.7 Å². The average molecular weight is 231 g/mol. The van der Waals surface area contributed by atoms with Gasteiger partial charge in [0.25, 0.3) is 0 Å². The Kier molecular flexibility index (Phi) is 3.04. The summed E-state index contributed by atoms with van der Waals surface area (Å²) in [7, 11) is 1.75. The van der Waals surface area contributed by atoms with Crippen LogP contribution in [0.25, 0.3) is 0 Å². The van der Waals surface area contributed by atoms with Crippen LogP contribution in [0.1, 0.15) is 5.56 Å². The molecule has 0 aromatic carbocycles. The highest BCUT2D eigenvalue weighted by Crippen LogP contribution is 2.07. The zero-order chi connectivity index (χ0) is 12.3. The van der Waals surface area contributed by atoms with Crippen molar-refractivity contribution in [2.75, 3.05) is 10.6 Å². The number of pyridine rings is 1. The van der Waals surface area contributed by atoms with E-state index in [9.17, 15) is 4.79 Å². The van der Waals surface area contributed by atoms with E-state index in [0.29, 0.717) is 11.6 Å². The van der Waals surface area contributed by atoms with Gasteiger partial charge in [0, 0.05) is 19.3 Å². The van der Waals surface area contributed by atoms with Gasteiger partial charge in [0.1, 0.15) is 11.6 Å². The Morgan fingerprint density at radius 3 is 2.76 bits per heavy atom. The van der Waals surface area contributed by atoms with Crippen LogP contribution in [0.5, 0.6) is 0 Å². The first-order valence-corrected chi connectivity index (χ1v) is 5.14. The fourth-order valence-electron chi connectivity index (χ4n) is 1.36. The molecule has 0 bridgehead atoms. The Hall–Kier alpha value is -2.37. The molecule has 0 unspecified atom stereocenters. The van der Waals surface area contributed by atoms with Gasteiger partial charge in [0.05, 0.1) is 6.20 Å². The minimum Gasteiger partial charge on any atom is -0.292 e. The Balaban J connectivity index is 2.01. The molecule has 2 aromatic rings. The lowest BCUT2D eigenvalue weighted by atomic mass is 10.3. The summed E-state index contributed by atoms with van der Waals surface area (Å²) >= 11 is 0. The van der Waals surface area contributed by atoms with Gasteiger partial charge in [-0.05, 0) is 24.6 Å². The van der Waals surface area contributed by atoms with E-state index >= 15 is 0 Å². The summed E-state index contributed by atoms with van der Waals surface area (Å²) in [5.41, 5.74) is 1.04. The van der Waals surface area contributed by atoms with Gasteiger partial charge in [-0.1, -0.05) is 0 Å². The van der Waals surface area contributed by atoms with Gasteiger partial charge in [-0.15, -0.1) is 0 Å². The predicted molar refractivity (Wildman–Crippen MR) is 64.8 cm³/mol. The zero-order valence-electron chi connectivity index (χ0n) is 9.64. The third-order valence-corrected chi connectivity index (χ3v) is 2.22. The first-order chi connectivity index (χ1) is 8.15. The number of aromatic nitrogens is 3. The fourth-order valence-corrected chi connectivity index (χ4v) is 1.36. The van der Waals surface area contributed by atoms with Gasteiger partial charge in [-0.3, -0.25) is 15.3 Å². The Morgan fingerprint density at radius 1 is 1.29 bits per heavy atom. The minimum atomic E-state index is -0.341. The lowest BCUT2D eigenvalue weighted by Crippen LogP contribution is -2.21. The largest absolute Gasteiger partial charge is 0.326 e. The first-order valence-electron chi connectivity index (χ1n) is 5.14. The van der Waals surface area contributed by atoms with Crippen molar-refractivity contribution in [1.82, 2.24) is 14.8 Å². The molecule has 2 aromatic heterocycles. The van der Waals surface area contributed by atoms with E-state index in [-0.39, 0.29) is 6.03 Å². The number of anilines is 2. The molecule has 6 heteroatoms. The molecule has 0 saturated heterocycles. The number of rotatable bonds is 2. The molecule has 2 rings (SSSR count). The third kappa shape index (κ3) is 2.81. The number of hydrogen-bond donors (Lipinski definition) is 2. The normalized spacial score (nSPS) is 10.0. The molecule has 0 radical (unpaired) electrons. The van der Waals surface area contributed by atoms with E-state index in [1.54, 1.807) is 36.3 Å². The summed E-state index contributed by atoms with van der Waals surface area (Å²) in [4.78, 5) is 15.7. The summed E-state index contributed by atoms with van der Waals surface area (Å²) in [5, 5.41) is 9.26. The van der Waals surface area contributed by atoms with Gasteiger partial charge < -0.3 is 0 Å². The summed E-state index contributed by atoms with van der Waals surface area (Å²) in [6.45, 7) is 1.94. The molecule has 0 aliphatic carbocycles. The van der Waals surface area contributed by atoms with Crippen molar-refractivity contribution in [3.05, 3.63) is 36.2 Å². The Morgan fingerprint density at radius 2 is 2.12 bits per heavy atom. The van der Waals surface area contributed by atoms with Crippen molar-refractivity contribution in [3.8, 4) is 0 Å². The zero-order valence-corrected chi connectivity index (χ0v) is 9.64. The molecule has 0 aliphatic rings. The lowest BCUT2D eigenvalue weighted by molar-refractivity contribution is 0.262. The minimum absolute atomic E-state index is 0.341. The maximum Gasteiger partial charge on any atom is 0.326 e. The molecule has 0 fully saturated rings. The maximum atomic E-state index is 11.6. The quantitative estimate of drug-likeness (QED) is 0.827. The van der Waals surface area contributed by atoms with Gasteiger partial charge in [0.2, 0.25) is 0 Å². The van der Waals surface area contributed by atoms with Gasteiger partial charge in [-0.2, -0.15) is 5.10 Å². The molecular weight excluding hydrogens is 218 g/mol. The summed E-state index contributed by atoms with van der Waals surface area (Å²) in [5.74, 6) is 1.14. The van der Waals surface area contributed by atoms with E-state index in [1.165, 1.54) is 0 Å². The van der Waals surface area contributed by atoms with Crippen molar-refractivity contribution in [2.45, 2.75) is 6.92 Å². The van der Waals surface area contributed by atoms with E-state index in [0.717, 1.165) is 5.56 Å². The van der Waals surface area contributed by atoms with Gasteiger partial charge in [0.15, 0.2) is 0 Å². The molecule has 0 atom stereocenters. The van der Waals surface area contributed by atoms with Crippen molar-refractivity contribution in [2.24, 2.45) is 7.05 Å². The van der Waals surface area contributed by atoms with Crippen LogP contribution in [0.3, 0.4) is 0 Å². The number of urea groups is 1. The fraction of sp³-hybridized carbons (Fsp3) is 0.182. The number of carbonyl (C=O) groups is 1. The monoisotopic (exact) mass is 231 g/mol. The first kappa shape index (κ1) is 11.1. The van der Waals surface area contributed by atoms with E-state index in [1.807, 2.05) is 13.0 Å². The van der Waals surface area contributed by atoms with Crippen LogP contribution in [0.4, 0.5) is 16.4 Å². The molecule has 0 aliphatic heterocycles. The highest BCUT2D eigenvalue weighted by molar-refractivity contribution is 5.98. The predicted octanol–water partition coefficient (Wildman–Crippen LogP) is 1.77. The van der Waals surface area contributed by atoms with Crippen LogP contribution < -0.4 is 10.6 Å². The third-order valence-electron chi connectivity index (χ3n) is 2.22. The second-order valence-corrected chi connectivity index (χ2v) is 3.64. The second-order valence-electron chi connectivity index (χ2n) is 3.64. The van der Waals surface area contributed by atoms with E-state index in [2.05, 4.69) is 20.7 Å². The standard InChI is InChI=1S/C11H13N5O/c1-8-3-5-12-9(7-8)14-11(17)15-10-4-6-13-16(10)2/h3-7H,1-2H3,(H2,12,14,15,17). The molecule has 2 heterocycles. The number of carbonyl (C=O) groups excluding carboxylic acids is 1. The number of aryl methyl sites for hydroxylation is 2. The molecular formula is C11H13N5O. The van der Waals surface area contributed by atoms with Crippen LogP contribution >= 0.6 is 0 Å². The van der Waals surface area contributed by atoms with Crippen molar-refractivity contribution in [1.29, 1.82) is 0 Å². The van der Waals surface area contributed by atoms with Crippen molar-refractivity contribution < 1.29 is 4.79 Å². The maximum absolute atomic E-state index is 11.6. The number of nitrogens with one attached hydrogen (secondary N) is 2. The molecule has 2 amide bonds. The Labute approximate surface area is 98.7 Å². The van der Waals surface area contributed by atoms with Crippen LogP contribution in [-0.2, 0) is 7.05 Å².